The second kappa shape index (κ2) is 11.7. The van der Waals surface area contributed by atoms with Gasteiger partial charge in [0.2, 0.25) is 5.16 Å². The molecule has 10 nitrogen and oxygen atoms in total. The summed E-state index contributed by atoms with van der Waals surface area (Å²) in [7, 11) is 0.107. The van der Waals surface area contributed by atoms with Gasteiger partial charge < -0.3 is 14.4 Å². The molecule has 6 rings (SSSR count). The van der Waals surface area contributed by atoms with Crippen molar-refractivity contribution in [3.05, 3.63) is 107 Å². The van der Waals surface area contributed by atoms with Crippen LogP contribution in [0.25, 0.3) is 16.7 Å². The molecule has 1 aliphatic rings. The van der Waals surface area contributed by atoms with Crippen LogP contribution in [0.4, 0.5) is 21.9 Å². The van der Waals surface area contributed by atoms with Crippen molar-refractivity contribution in [3.63, 3.8) is 0 Å². The van der Waals surface area contributed by atoms with E-state index >= 15 is 0 Å². The normalized spacial score (nSPS) is 13.5. The highest BCUT2D eigenvalue weighted by molar-refractivity contribution is 7.84. The number of pyridine rings is 1. The molecule has 0 bridgehead atoms. The van der Waals surface area contributed by atoms with Gasteiger partial charge in [0.05, 0.1) is 35.0 Å². The monoisotopic (exact) mass is 595 g/mol. The number of para-hydroxylation sites is 1. The van der Waals surface area contributed by atoms with Crippen LogP contribution in [0.15, 0.2) is 95.0 Å². The van der Waals surface area contributed by atoms with Crippen LogP contribution in [0.2, 0.25) is 0 Å². The number of anilines is 3. The Hall–Kier alpha value is -5.03. The number of benzene rings is 3. The Morgan fingerprint density at radius 2 is 1.77 bits per heavy atom. The molecule has 0 radical (unpaired) electrons. The summed E-state index contributed by atoms with van der Waals surface area (Å²) in [6.07, 6.45) is 2.61. The first-order valence-electron chi connectivity index (χ1n) is 13.6. The molecule has 0 saturated carbocycles. The third-order valence-corrected chi connectivity index (χ3v) is 8.02. The zero-order chi connectivity index (χ0) is 30.1. The predicted octanol–water partition coefficient (Wildman–Crippen LogP) is 5.13. The minimum atomic E-state index is -1.45. The minimum absolute atomic E-state index is 0.125. The highest BCUT2D eigenvalue weighted by Crippen LogP contribution is 2.40. The maximum atomic E-state index is 14.4. The van der Waals surface area contributed by atoms with E-state index in [2.05, 4.69) is 9.97 Å². The quantitative estimate of drug-likeness (QED) is 0.249. The average Bonchev–Trinajstić information content (AvgIpc) is 3.03. The van der Waals surface area contributed by atoms with E-state index in [1.807, 2.05) is 60.4 Å². The Morgan fingerprint density at radius 1 is 0.977 bits per heavy atom. The lowest BCUT2D eigenvalue weighted by atomic mass is 10.1. The Morgan fingerprint density at radius 3 is 2.53 bits per heavy atom. The summed E-state index contributed by atoms with van der Waals surface area (Å²) in [5.41, 5.74) is 4.05. The number of ether oxygens (including phenoxy) is 2. The standard InChI is InChI=1S/C32H29N5O5S/c1-21-9-7-14-26-28(21)36(32(39)42-20-22-10-5-4-6-11-22)16-15-35(26)27-17-23-19-33-31(43(3)40)34-29(23)37(30(27)38)24-12-8-13-25(18-24)41-2/h4-14,17-19H,15-16,20H2,1-3H3. The summed E-state index contributed by atoms with van der Waals surface area (Å²) in [5.74, 6) is 0.569. The van der Waals surface area contributed by atoms with E-state index in [9.17, 15) is 13.8 Å². The second-order valence-corrected chi connectivity index (χ2v) is 11.3. The third kappa shape index (κ3) is 5.35. The fraction of sp³-hybridized carbons (Fsp3) is 0.188. The van der Waals surface area contributed by atoms with Crippen molar-refractivity contribution < 1.29 is 18.5 Å². The Bertz CT molecular complexity index is 1930. The fourth-order valence-corrected chi connectivity index (χ4v) is 5.68. The van der Waals surface area contributed by atoms with Gasteiger partial charge in [0.25, 0.3) is 5.56 Å². The van der Waals surface area contributed by atoms with E-state index in [-0.39, 0.29) is 17.3 Å². The largest absolute Gasteiger partial charge is 0.497 e. The summed E-state index contributed by atoms with van der Waals surface area (Å²) >= 11 is 0. The maximum Gasteiger partial charge on any atom is 0.414 e. The van der Waals surface area contributed by atoms with E-state index in [1.54, 1.807) is 48.5 Å². The summed E-state index contributed by atoms with van der Waals surface area (Å²) < 4.78 is 24.8. The molecule has 5 aromatic rings. The lowest BCUT2D eigenvalue weighted by molar-refractivity contribution is 0.147. The first kappa shape index (κ1) is 28.1. The number of aryl methyl sites for hydroxylation is 1. The Labute approximate surface area is 250 Å². The molecule has 11 heteroatoms. The van der Waals surface area contributed by atoms with Crippen LogP contribution in [0.1, 0.15) is 11.1 Å². The van der Waals surface area contributed by atoms with Crippen LogP contribution >= 0.6 is 0 Å². The summed E-state index contributed by atoms with van der Waals surface area (Å²) in [5, 5.41) is 0.713. The van der Waals surface area contributed by atoms with Gasteiger partial charge in [-0.3, -0.25) is 18.5 Å². The van der Waals surface area contributed by atoms with Gasteiger partial charge >= 0.3 is 6.09 Å². The van der Waals surface area contributed by atoms with Gasteiger partial charge in [-0.25, -0.2) is 14.8 Å². The molecule has 3 heterocycles. The highest BCUT2D eigenvalue weighted by atomic mass is 32.2. The van der Waals surface area contributed by atoms with Gasteiger partial charge in [0.15, 0.2) is 5.65 Å². The van der Waals surface area contributed by atoms with Crippen molar-refractivity contribution in [2.45, 2.75) is 18.7 Å². The fourth-order valence-electron chi connectivity index (χ4n) is 5.26. The predicted molar refractivity (Wildman–Crippen MR) is 166 cm³/mol. The molecule has 2 aromatic heterocycles. The van der Waals surface area contributed by atoms with Crippen molar-refractivity contribution in [1.29, 1.82) is 0 Å². The zero-order valence-corrected chi connectivity index (χ0v) is 24.7. The van der Waals surface area contributed by atoms with Gasteiger partial charge in [-0.1, -0.05) is 48.5 Å². The smallest absolute Gasteiger partial charge is 0.414 e. The van der Waals surface area contributed by atoms with E-state index in [4.69, 9.17) is 9.47 Å². The molecular weight excluding hydrogens is 566 g/mol. The highest BCUT2D eigenvalue weighted by Gasteiger charge is 2.32. The number of hydrogen-bond donors (Lipinski definition) is 0. The summed E-state index contributed by atoms with van der Waals surface area (Å²) in [6, 6.07) is 24.1. The first-order valence-corrected chi connectivity index (χ1v) is 15.2. The Balaban J connectivity index is 1.47. The van der Waals surface area contributed by atoms with Crippen molar-refractivity contribution >= 4 is 45.0 Å². The molecule has 1 aliphatic heterocycles. The molecule has 1 atom stereocenters. The van der Waals surface area contributed by atoms with Gasteiger partial charge in [0, 0.05) is 37.0 Å². The van der Waals surface area contributed by atoms with Gasteiger partial charge in [-0.2, -0.15) is 0 Å². The van der Waals surface area contributed by atoms with Gasteiger partial charge in [-0.05, 0) is 42.3 Å². The number of nitrogens with zero attached hydrogens (tertiary/aromatic N) is 5. The molecule has 1 unspecified atom stereocenters. The lowest BCUT2D eigenvalue weighted by Gasteiger charge is -2.38. The van der Waals surface area contributed by atoms with E-state index < -0.39 is 16.9 Å². The lowest BCUT2D eigenvalue weighted by Crippen LogP contribution is -2.44. The molecule has 0 aliphatic carbocycles. The van der Waals surface area contributed by atoms with Crippen molar-refractivity contribution in [3.8, 4) is 11.4 Å². The van der Waals surface area contributed by atoms with Crippen molar-refractivity contribution in [2.24, 2.45) is 0 Å². The number of carbonyl (C=O) groups is 1. The van der Waals surface area contributed by atoms with Crippen LogP contribution in [-0.4, -0.2) is 51.3 Å². The van der Waals surface area contributed by atoms with E-state index in [0.717, 1.165) is 11.1 Å². The van der Waals surface area contributed by atoms with Crippen LogP contribution in [0, 0.1) is 6.92 Å². The SMILES string of the molecule is COc1cccc(-n2c(=O)c(N3CCN(C(=O)OCc4ccccc4)c4c(C)cccc43)cc3cnc(S(C)=O)nc32)c1. The average molecular weight is 596 g/mol. The van der Waals surface area contributed by atoms with Crippen LogP contribution < -0.4 is 20.1 Å². The molecule has 0 fully saturated rings. The zero-order valence-electron chi connectivity index (χ0n) is 23.9. The third-order valence-electron chi connectivity index (χ3n) is 7.31. The molecule has 43 heavy (non-hydrogen) atoms. The molecular formula is C32H29N5O5S. The van der Waals surface area contributed by atoms with Crippen molar-refractivity contribution in [1.82, 2.24) is 14.5 Å². The van der Waals surface area contributed by atoms with Crippen LogP contribution in [-0.2, 0) is 22.1 Å². The van der Waals surface area contributed by atoms with Crippen LogP contribution in [0.5, 0.6) is 5.75 Å². The topological polar surface area (TPSA) is 107 Å². The van der Waals surface area contributed by atoms with Gasteiger partial charge in [0.1, 0.15) is 18.0 Å². The number of carbonyl (C=O) groups excluding carboxylic acids is 1. The summed E-state index contributed by atoms with van der Waals surface area (Å²) in [6.45, 7) is 2.72. The van der Waals surface area contributed by atoms with Crippen LogP contribution in [0.3, 0.4) is 0 Å². The number of amides is 1. The summed E-state index contributed by atoms with van der Waals surface area (Å²) in [4.78, 5) is 40.0. The number of methoxy groups -OCH3 is 1. The minimum Gasteiger partial charge on any atom is -0.497 e. The number of fused-ring (bicyclic) bond motifs is 2. The van der Waals surface area contributed by atoms with E-state index in [0.29, 0.717) is 52.6 Å². The Kier molecular flexibility index (Phi) is 7.64. The number of rotatable bonds is 6. The van der Waals surface area contributed by atoms with E-state index in [1.165, 1.54) is 10.8 Å². The molecule has 3 aromatic carbocycles. The maximum absolute atomic E-state index is 14.4. The number of hydrogen-bond acceptors (Lipinski definition) is 8. The molecule has 1 amide bonds. The molecule has 0 spiro atoms. The molecule has 218 valence electrons. The number of aromatic nitrogens is 3. The molecule has 0 N–H and O–H groups in total. The van der Waals surface area contributed by atoms with Crippen molar-refractivity contribution in [2.75, 3.05) is 36.3 Å². The first-order chi connectivity index (χ1) is 20.9. The second-order valence-electron chi connectivity index (χ2n) is 10.0. The molecule has 0 saturated heterocycles. The van der Waals surface area contributed by atoms with Gasteiger partial charge in [-0.15, -0.1) is 0 Å².